The predicted molar refractivity (Wildman–Crippen MR) is 87.6 cm³/mol. The molecular weight excluding hydrogens is 316 g/mol. The Hall–Kier alpha value is -2.03. The van der Waals surface area contributed by atoms with Crippen molar-refractivity contribution in [3.05, 3.63) is 0 Å². The zero-order valence-corrected chi connectivity index (χ0v) is 14.1. The maximum Gasteiger partial charge on any atom is 0.431 e. The molecule has 138 valence electrons. The molecule has 0 radical (unpaired) electrons. The van der Waals surface area contributed by atoms with E-state index < -0.39 is 18.2 Å². The normalized spacial score (nSPS) is 16.0. The van der Waals surface area contributed by atoms with E-state index in [0.29, 0.717) is 25.5 Å². The fourth-order valence-electron chi connectivity index (χ4n) is 2.52. The van der Waals surface area contributed by atoms with Gasteiger partial charge in [-0.05, 0) is 31.6 Å². The quantitative estimate of drug-likeness (QED) is 0.184. The van der Waals surface area contributed by atoms with Crippen LogP contribution in [0.3, 0.4) is 0 Å². The van der Waals surface area contributed by atoms with Crippen LogP contribution in [0.15, 0.2) is 0 Å². The van der Waals surface area contributed by atoms with Crippen molar-refractivity contribution in [2.24, 2.45) is 5.92 Å². The Morgan fingerprint density at radius 1 is 1.29 bits per heavy atom. The highest BCUT2D eigenvalue weighted by atomic mass is 16.7. The lowest BCUT2D eigenvalue weighted by Gasteiger charge is -2.21. The molecule has 0 aromatic carbocycles. The molecule has 0 saturated heterocycles. The van der Waals surface area contributed by atoms with Gasteiger partial charge in [0.1, 0.15) is 0 Å². The third-order valence-corrected chi connectivity index (χ3v) is 3.93. The summed E-state index contributed by atoms with van der Waals surface area (Å²) >= 11 is 0. The van der Waals surface area contributed by atoms with Gasteiger partial charge in [0.2, 0.25) is 0 Å². The average molecular weight is 344 g/mol. The summed E-state index contributed by atoms with van der Waals surface area (Å²) in [5.41, 5.74) is 2.05. The van der Waals surface area contributed by atoms with Crippen molar-refractivity contribution in [3.8, 4) is 0 Å². The van der Waals surface area contributed by atoms with Gasteiger partial charge < -0.3 is 20.5 Å². The molecular formula is C15H28N4O5. The zero-order chi connectivity index (χ0) is 17.8. The molecule has 0 aromatic rings. The summed E-state index contributed by atoms with van der Waals surface area (Å²) in [4.78, 5) is 27.6. The van der Waals surface area contributed by atoms with Crippen LogP contribution in [0.1, 0.15) is 44.9 Å². The average Bonchev–Trinajstić information content (AvgIpc) is 2.59. The van der Waals surface area contributed by atoms with Crippen molar-refractivity contribution >= 4 is 18.0 Å². The first-order chi connectivity index (χ1) is 11.5. The minimum absolute atomic E-state index is 0.159. The van der Waals surface area contributed by atoms with Gasteiger partial charge in [-0.2, -0.15) is 5.48 Å². The second-order valence-electron chi connectivity index (χ2n) is 5.84. The molecule has 0 unspecified atom stereocenters. The van der Waals surface area contributed by atoms with Crippen LogP contribution >= 0.6 is 0 Å². The van der Waals surface area contributed by atoms with E-state index in [9.17, 15) is 9.59 Å². The second kappa shape index (κ2) is 11.5. The first-order valence-electron chi connectivity index (χ1n) is 8.34. The van der Waals surface area contributed by atoms with Crippen LogP contribution in [-0.2, 0) is 14.4 Å². The van der Waals surface area contributed by atoms with Gasteiger partial charge in [0.05, 0.1) is 6.61 Å². The monoisotopic (exact) mass is 344 g/mol. The van der Waals surface area contributed by atoms with Gasteiger partial charge in [0.25, 0.3) is 0 Å². The highest BCUT2D eigenvalue weighted by molar-refractivity contribution is 5.76. The van der Waals surface area contributed by atoms with Crippen LogP contribution in [0.4, 0.5) is 4.79 Å². The summed E-state index contributed by atoms with van der Waals surface area (Å²) in [5.74, 6) is -0.619. The number of carboxylic acid groups (broad SMARTS) is 1. The Morgan fingerprint density at radius 3 is 2.62 bits per heavy atom. The number of carbonyl (C=O) groups excluding carboxylic acids is 1. The van der Waals surface area contributed by atoms with Crippen molar-refractivity contribution in [1.29, 1.82) is 5.41 Å². The molecule has 0 aliphatic heterocycles. The highest BCUT2D eigenvalue weighted by Gasteiger charge is 2.20. The van der Waals surface area contributed by atoms with Gasteiger partial charge in [-0.15, -0.1) is 0 Å². The van der Waals surface area contributed by atoms with E-state index in [0.717, 1.165) is 25.7 Å². The number of hydrogen-bond acceptors (Lipinski definition) is 5. The van der Waals surface area contributed by atoms with Gasteiger partial charge in [-0.25, -0.2) is 9.59 Å². The van der Waals surface area contributed by atoms with E-state index in [1.165, 1.54) is 6.42 Å². The topological polar surface area (TPSA) is 133 Å². The Kier molecular flexibility index (Phi) is 9.59. The number of amides is 1. The van der Waals surface area contributed by atoms with Gasteiger partial charge >= 0.3 is 12.1 Å². The molecule has 0 bridgehead atoms. The highest BCUT2D eigenvalue weighted by Crippen LogP contribution is 2.23. The SMILES string of the molecule is CNC(=N)NCCC[C@@H](ONC(=O)OCC1CCCCC1)C(=O)O. The number of guanidine groups is 1. The summed E-state index contributed by atoms with van der Waals surface area (Å²) in [7, 11) is 1.61. The molecule has 1 amide bonds. The first kappa shape index (κ1) is 20.0. The summed E-state index contributed by atoms with van der Waals surface area (Å²) in [6.45, 7) is 0.766. The van der Waals surface area contributed by atoms with Crippen LogP contribution in [0, 0.1) is 11.3 Å². The Morgan fingerprint density at radius 2 is 2.00 bits per heavy atom. The molecule has 1 fully saturated rings. The number of ether oxygens (including phenoxy) is 1. The molecule has 0 spiro atoms. The van der Waals surface area contributed by atoms with E-state index in [-0.39, 0.29) is 12.4 Å². The maximum absolute atomic E-state index is 11.6. The van der Waals surface area contributed by atoms with Crippen LogP contribution in [0.2, 0.25) is 0 Å². The van der Waals surface area contributed by atoms with E-state index in [4.69, 9.17) is 20.1 Å². The molecule has 5 N–H and O–H groups in total. The van der Waals surface area contributed by atoms with E-state index in [2.05, 4.69) is 10.6 Å². The van der Waals surface area contributed by atoms with Crippen molar-refractivity contribution < 1.29 is 24.3 Å². The summed E-state index contributed by atoms with van der Waals surface area (Å²) < 4.78 is 5.07. The fraction of sp³-hybridized carbons (Fsp3) is 0.800. The molecule has 9 heteroatoms. The van der Waals surface area contributed by atoms with Crippen molar-refractivity contribution in [1.82, 2.24) is 16.1 Å². The van der Waals surface area contributed by atoms with Gasteiger partial charge in [0, 0.05) is 13.6 Å². The molecule has 9 nitrogen and oxygen atoms in total. The van der Waals surface area contributed by atoms with E-state index in [1.807, 2.05) is 5.48 Å². The molecule has 1 aliphatic rings. The molecule has 1 atom stereocenters. The van der Waals surface area contributed by atoms with Gasteiger partial charge in [-0.3, -0.25) is 10.2 Å². The minimum atomic E-state index is -1.16. The smallest absolute Gasteiger partial charge is 0.431 e. The summed E-state index contributed by atoms with van der Waals surface area (Å²) in [6, 6.07) is 0. The number of hydrogen-bond donors (Lipinski definition) is 5. The number of carbonyl (C=O) groups is 2. The number of aliphatic carboxylic acids is 1. The largest absolute Gasteiger partial charge is 0.479 e. The van der Waals surface area contributed by atoms with Crippen molar-refractivity contribution in [2.75, 3.05) is 20.2 Å². The van der Waals surface area contributed by atoms with Crippen molar-refractivity contribution in [3.63, 3.8) is 0 Å². The van der Waals surface area contributed by atoms with Crippen LogP contribution < -0.4 is 16.1 Å². The minimum Gasteiger partial charge on any atom is -0.479 e. The Bertz CT molecular complexity index is 413. The summed E-state index contributed by atoms with van der Waals surface area (Å²) in [5, 5.41) is 21.8. The predicted octanol–water partition coefficient (Wildman–Crippen LogP) is 1.20. The van der Waals surface area contributed by atoms with Crippen LogP contribution in [0.25, 0.3) is 0 Å². The van der Waals surface area contributed by atoms with Gasteiger partial charge in [-0.1, -0.05) is 19.3 Å². The lowest BCUT2D eigenvalue weighted by molar-refractivity contribution is -0.155. The zero-order valence-electron chi connectivity index (χ0n) is 14.1. The molecule has 0 aromatic heterocycles. The van der Waals surface area contributed by atoms with Crippen molar-refractivity contribution in [2.45, 2.75) is 51.0 Å². The first-order valence-corrected chi connectivity index (χ1v) is 8.34. The van der Waals surface area contributed by atoms with Gasteiger partial charge in [0.15, 0.2) is 12.1 Å². The molecule has 1 rings (SSSR count). The van der Waals surface area contributed by atoms with E-state index >= 15 is 0 Å². The molecule has 0 heterocycles. The molecule has 24 heavy (non-hydrogen) atoms. The van der Waals surface area contributed by atoms with E-state index in [1.54, 1.807) is 7.05 Å². The fourth-order valence-corrected chi connectivity index (χ4v) is 2.52. The maximum atomic E-state index is 11.6. The Balaban J connectivity index is 2.18. The lowest BCUT2D eigenvalue weighted by atomic mass is 9.90. The third kappa shape index (κ3) is 8.56. The lowest BCUT2D eigenvalue weighted by Crippen LogP contribution is -2.37. The number of hydroxylamine groups is 1. The standard InChI is InChI=1S/C15H28N4O5/c1-17-14(16)18-9-5-8-12(13(20)21)24-19-15(22)23-10-11-6-3-2-4-7-11/h11-12H,2-10H2,1H3,(H,19,22)(H,20,21)(H3,16,17,18)/t12-/m1/s1. The molecule has 1 aliphatic carbocycles. The third-order valence-electron chi connectivity index (χ3n) is 3.93. The summed E-state index contributed by atoms with van der Waals surface area (Å²) in [6.07, 6.45) is 4.41. The number of nitrogens with one attached hydrogen (secondary N) is 4. The number of carboxylic acids is 1. The number of rotatable bonds is 9. The molecule has 1 saturated carbocycles. The van der Waals surface area contributed by atoms with Crippen LogP contribution in [-0.4, -0.2) is 49.4 Å². The Labute approximate surface area is 141 Å². The second-order valence-corrected chi connectivity index (χ2v) is 5.84. The van der Waals surface area contributed by atoms with Crippen LogP contribution in [0.5, 0.6) is 0 Å².